The van der Waals surface area contributed by atoms with Gasteiger partial charge in [-0.05, 0) is 41.7 Å². The summed E-state index contributed by atoms with van der Waals surface area (Å²) < 4.78 is 6.73. The van der Waals surface area contributed by atoms with Crippen LogP contribution in [-0.4, -0.2) is 38.2 Å². The van der Waals surface area contributed by atoms with Gasteiger partial charge in [0.2, 0.25) is 5.91 Å². The Hall–Kier alpha value is -3.47. The molecule has 6 rings (SSSR count). The number of hydrogen-bond acceptors (Lipinski definition) is 8. The zero-order valence-corrected chi connectivity index (χ0v) is 18.9. The number of aliphatic hydroxyl groups is 2. The topological polar surface area (TPSA) is 131 Å². The van der Waals surface area contributed by atoms with Crippen molar-refractivity contribution in [1.82, 2.24) is 9.55 Å². The van der Waals surface area contributed by atoms with Crippen LogP contribution in [0.25, 0.3) is 28.4 Å². The van der Waals surface area contributed by atoms with Gasteiger partial charge in [-0.3, -0.25) is 9.59 Å². The van der Waals surface area contributed by atoms with E-state index in [9.17, 15) is 19.5 Å². The average Bonchev–Trinajstić information content (AvgIpc) is 3.22. The molecule has 1 aromatic carbocycles. The SMILES string of the molecule is CC[C@@]1(O)C(=O)OCc2c1cc1n(c2=O)Cc2c-1nc1ccc(NC(=O)CO)c3c1c2C=CS3. The second-order valence-electron chi connectivity index (χ2n) is 8.42. The highest BCUT2D eigenvalue weighted by molar-refractivity contribution is 8.02. The van der Waals surface area contributed by atoms with E-state index >= 15 is 0 Å². The van der Waals surface area contributed by atoms with E-state index < -0.39 is 24.1 Å². The predicted octanol–water partition coefficient (Wildman–Crippen LogP) is 2.09. The molecule has 0 bridgehead atoms. The molecule has 2 aromatic heterocycles. The number of carbonyl (C=O) groups excluding carboxylic acids is 2. The van der Waals surface area contributed by atoms with Crippen LogP contribution in [-0.2, 0) is 33.1 Å². The lowest BCUT2D eigenvalue weighted by atomic mass is 9.86. The Morgan fingerprint density at radius 1 is 1.32 bits per heavy atom. The van der Waals surface area contributed by atoms with Crippen molar-refractivity contribution in [3.8, 4) is 11.4 Å². The molecule has 10 heteroatoms. The zero-order valence-electron chi connectivity index (χ0n) is 18.0. The van der Waals surface area contributed by atoms with Gasteiger partial charge >= 0.3 is 5.97 Å². The normalized spacial score (nSPS) is 19.4. The Morgan fingerprint density at radius 2 is 2.15 bits per heavy atom. The largest absolute Gasteiger partial charge is 0.458 e. The number of amides is 1. The van der Waals surface area contributed by atoms with Crippen LogP contribution in [0.2, 0.25) is 0 Å². The van der Waals surface area contributed by atoms with Crippen molar-refractivity contribution in [1.29, 1.82) is 0 Å². The summed E-state index contributed by atoms with van der Waals surface area (Å²) in [4.78, 5) is 43.2. The summed E-state index contributed by atoms with van der Waals surface area (Å²) in [6.07, 6.45) is 2.04. The van der Waals surface area contributed by atoms with Crippen LogP contribution in [0.3, 0.4) is 0 Å². The van der Waals surface area contributed by atoms with E-state index in [0.29, 0.717) is 22.6 Å². The number of anilines is 1. The number of esters is 1. The summed E-state index contributed by atoms with van der Waals surface area (Å²) >= 11 is 1.44. The van der Waals surface area contributed by atoms with Crippen LogP contribution in [0.4, 0.5) is 5.69 Å². The van der Waals surface area contributed by atoms with E-state index in [1.165, 1.54) is 11.8 Å². The maximum Gasteiger partial charge on any atom is 0.343 e. The third kappa shape index (κ3) is 2.70. The number of nitrogens with one attached hydrogen (secondary N) is 1. The van der Waals surface area contributed by atoms with Gasteiger partial charge in [0.1, 0.15) is 13.2 Å². The molecular formula is C24H19N3O6S. The lowest BCUT2D eigenvalue weighted by Gasteiger charge is -2.31. The molecule has 0 saturated carbocycles. The molecule has 3 N–H and O–H groups in total. The lowest BCUT2D eigenvalue weighted by molar-refractivity contribution is -0.172. The Bertz CT molecular complexity index is 1540. The number of cyclic esters (lactones) is 1. The summed E-state index contributed by atoms with van der Waals surface area (Å²) in [6, 6.07) is 5.21. The molecule has 3 aliphatic heterocycles. The Labute approximate surface area is 197 Å². The quantitative estimate of drug-likeness (QED) is 0.383. The van der Waals surface area contributed by atoms with Crippen LogP contribution in [0.5, 0.6) is 0 Å². The van der Waals surface area contributed by atoms with Crippen LogP contribution < -0.4 is 10.9 Å². The van der Waals surface area contributed by atoms with Crippen molar-refractivity contribution in [3.05, 3.63) is 56.2 Å². The monoisotopic (exact) mass is 477 g/mol. The minimum absolute atomic E-state index is 0.0800. The molecular weight excluding hydrogens is 458 g/mol. The van der Waals surface area contributed by atoms with Gasteiger partial charge in [0, 0.05) is 21.4 Å². The standard InChI is InChI=1S/C24H19N3O6S/c1-2-24(32)14-7-17-20-12(8-27(17)22(30)13(14)10-33-23(24)31)11-5-6-34-21-16(25-18(29)9-28)4-3-15(26-20)19(11)21/h3-7,28,32H,2,8-10H2,1H3,(H,25,29)/t24-/m0/s1. The van der Waals surface area contributed by atoms with Gasteiger partial charge in [-0.1, -0.05) is 18.7 Å². The molecule has 0 fully saturated rings. The molecule has 0 unspecified atom stereocenters. The van der Waals surface area contributed by atoms with Crippen molar-refractivity contribution in [2.24, 2.45) is 0 Å². The number of ether oxygens (including phenoxy) is 1. The number of nitrogens with zero attached hydrogens (tertiary/aromatic N) is 2. The first kappa shape index (κ1) is 21.1. The smallest absolute Gasteiger partial charge is 0.343 e. The molecule has 3 aromatic rings. The highest BCUT2D eigenvalue weighted by atomic mass is 32.2. The zero-order chi connectivity index (χ0) is 23.8. The number of fused-ring (bicyclic) bond motifs is 5. The summed E-state index contributed by atoms with van der Waals surface area (Å²) in [5.41, 5.74) is 2.54. The Kier molecular flexibility index (Phi) is 4.50. The van der Waals surface area contributed by atoms with Gasteiger partial charge in [0.05, 0.1) is 34.7 Å². The van der Waals surface area contributed by atoms with Crippen molar-refractivity contribution < 1.29 is 24.5 Å². The van der Waals surface area contributed by atoms with E-state index in [4.69, 9.17) is 14.8 Å². The highest BCUT2D eigenvalue weighted by Gasteiger charge is 2.45. The van der Waals surface area contributed by atoms with Gasteiger partial charge < -0.3 is 24.8 Å². The molecule has 1 amide bonds. The maximum absolute atomic E-state index is 13.4. The molecule has 0 radical (unpaired) electrons. The van der Waals surface area contributed by atoms with Gasteiger partial charge in [0.25, 0.3) is 5.56 Å². The summed E-state index contributed by atoms with van der Waals surface area (Å²) in [5, 5.41) is 25.6. The number of pyridine rings is 2. The highest BCUT2D eigenvalue weighted by Crippen LogP contribution is 2.46. The first-order valence-corrected chi connectivity index (χ1v) is 11.7. The maximum atomic E-state index is 13.4. The van der Waals surface area contributed by atoms with E-state index in [2.05, 4.69) is 5.32 Å². The van der Waals surface area contributed by atoms with E-state index in [1.54, 1.807) is 29.7 Å². The van der Waals surface area contributed by atoms with Gasteiger partial charge in [-0.25, -0.2) is 9.78 Å². The van der Waals surface area contributed by atoms with Crippen molar-refractivity contribution in [3.63, 3.8) is 0 Å². The molecule has 3 aliphatic rings. The summed E-state index contributed by atoms with van der Waals surface area (Å²) in [6.45, 7) is 1.16. The number of hydrogen-bond donors (Lipinski definition) is 3. The molecule has 9 nitrogen and oxygen atoms in total. The number of rotatable bonds is 3. The number of carbonyl (C=O) groups is 2. The Morgan fingerprint density at radius 3 is 2.91 bits per heavy atom. The van der Waals surface area contributed by atoms with Crippen molar-refractivity contribution in [2.45, 2.75) is 37.0 Å². The van der Waals surface area contributed by atoms with Crippen LogP contribution in [0, 0.1) is 0 Å². The molecule has 5 heterocycles. The molecule has 1 atom stereocenters. The molecule has 34 heavy (non-hydrogen) atoms. The third-order valence-corrected chi connectivity index (χ3v) is 7.62. The van der Waals surface area contributed by atoms with Gasteiger partial charge in [-0.15, -0.1) is 0 Å². The second kappa shape index (κ2) is 7.26. The van der Waals surface area contributed by atoms with E-state index in [1.807, 2.05) is 11.5 Å². The minimum atomic E-state index is -1.88. The summed E-state index contributed by atoms with van der Waals surface area (Å²) in [5.74, 6) is -1.26. The third-order valence-electron chi connectivity index (χ3n) is 6.69. The molecule has 0 spiro atoms. The number of aliphatic hydroxyl groups excluding tert-OH is 1. The fourth-order valence-corrected chi connectivity index (χ4v) is 5.86. The second-order valence-corrected chi connectivity index (χ2v) is 9.34. The number of thioether (sulfide) groups is 1. The van der Waals surface area contributed by atoms with Gasteiger partial charge in [-0.2, -0.15) is 0 Å². The fourth-order valence-electron chi connectivity index (χ4n) is 4.94. The van der Waals surface area contributed by atoms with E-state index in [0.717, 1.165) is 21.4 Å². The van der Waals surface area contributed by atoms with E-state index in [-0.39, 0.29) is 36.3 Å². The first-order chi connectivity index (χ1) is 16.4. The van der Waals surface area contributed by atoms with Crippen LogP contribution in [0.15, 0.2) is 33.3 Å². The van der Waals surface area contributed by atoms with Crippen molar-refractivity contribution >= 4 is 46.3 Å². The Balaban J connectivity index is 1.60. The number of aromatic nitrogens is 2. The minimum Gasteiger partial charge on any atom is -0.458 e. The number of benzene rings is 1. The first-order valence-electron chi connectivity index (χ1n) is 10.8. The molecule has 0 aliphatic carbocycles. The van der Waals surface area contributed by atoms with Crippen LogP contribution in [0.1, 0.15) is 35.6 Å². The van der Waals surface area contributed by atoms with Crippen LogP contribution >= 0.6 is 11.8 Å². The van der Waals surface area contributed by atoms with Crippen molar-refractivity contribution in [2.75, 3.05) is 11.9 Å². The average molecular weight is 477 g/mol. The lowest BCUT2D eigenvalue weighted by Crippen LogP contribution is -2.44. The summed E-state index contributed by atoms with van der Waals surface area (Å²) in [7, 11) is 0. The molecule has 172 valence electrons. The van der Waals surface area contributed by atoms with Gasteiger partial charge in [0.15, 0.2) is 5.60 Å². The fraction of sp³-hybridized carbons (Fsp3) is 0.250. The predicted molar refractivity (Wildman–Crippen MR) is 125 cm³/mol. The molecule has 0 saturated heterocycles.